The third-order valence-corrected chi connectivity index (χ3v) is 2.77. The Morgan fingerprint density at radius 1 is 1.18 bits per heavy atom. The van der Waals surface area contributed by atoms with Crippen LogP contribution in [0.25, 0.3) is 0 Å². The quantitative estimate of drug-likeness (QED) is 0.630. The average Bonchev–Trinajstić information content (AvgIpc) is 2.46. The average molecular weight is 306 g/mol. The maximum atomic E-state index is 12.4. The summed E-state index contributed by atoms with van der Waals surface area (Å²) in [4.78, 5) is 5.66. The Bertz CT molecular complexity index is 640. The number of halogens is 3. The van der Waals surface area contributed by atoms with Gasteiger partial charge in [0.15, 0.2) is 0 Å². The van der Waals surface area contributed by atoms with E-state index in [0.717, 1.165) is 12.1 Å². The van der Waals surface area contributed by atoms with E-state index in [2.05, 4.69) is 4.99 Å². The minimum absolute atomic E-state index is 0.0242. The van der Waals surface area contributed by atoms with Gasteiger partial charge < -0.3 is 4.90 Å². The second kappa shape index (κ2) is 7.28. The zero-order valence-corrected chi connectivity index (χ0v) is 12.0. The number of aliphatic imine (C=N–C) groups is 1. The van der Waals surface area contributed by atoms with E-state index in [0.29, 0.717) is 11.4 Å². The number of hydrogen-bond donors (Lipinski definition) is 0. The summed E-state index contributed by atoms with van der Waals surface area (Å²) in [6, 6.07) is 8.01. The monoisotopic (exact) mass is 306 g/mol. The van der Waals surface area contributed by atoms with Crippen molar-refractivity contribution in [3.63, 3.8) is 0 Å². The van der Waals surface area contributed by atoms with E-state index in [1.165, 1.54) is 18.3 Å². The molecule has 1 aromatic rings. The maximum Gasteiger partial charge on any atom is 0.416 e. The van der Waals surface area contributed by atoms with Gasteiger partial charge in [-0.15, -0.1) is 0 Å². The fourth-order valence-corrected chi connectivity index (χ4v) is 1.64. The highest BCUT2D eigenvalue weighted by Gasteiger charge is 2.29. The summed E-state index contributed by atoms with van der Waals surface area (Å²) in [5, 5.41) is 17.7. The number of nitrogens with zero attached hydrogens (tertiary/aromatic N) is 4. The minimum atomic E-state index is -4.38. The molecule has 22 heavy (non-hydrogen) atoms. The first-order valence-corrected chi connectivity index (χ1v) is 6.20. The minimum Gasteiger partial charge on any atom is -0.379 e. The molecule has 0 N–H and O–H groups in total. The van der Waals surface area contributed by atoms with Crippen molar-refractivity contribution in [1.82, 2.24) is 4.90 Å². The molecule has 1 aromatic carbocycles. The molecule has 0 bridgehead atoms. The Balaban J connectivity index is 2.88. The van der Waals surface area contributed by atoms with E-state index in [4.69, 9.17) is 10.5 Å². The van der Waals surface area contributed by atoms with Gasteiger partial charge in [0.05, 0.1) is 11.3 Å². The molecule has 0 saturated carbocycles. The topological polar surface area (TPSA) is 63.2 Å². The molecule has 0 aliphatic heterocycles. The summed E-state index contributed by atoms with van der Waals surface area (Å²) in [7, 11) is 3.38. The fraction of sp³-hybridized carbons (Fsp3) is 0.267. The lowest BCUT2D eigenvalue weighted by Crippen LogP contribution is -2.13. The van der Waals surface area contributed by atoms with Gasteiger partial charge in [-0.2, -0.15) is 23.7 Å². The predicted octanol–water partition coefficient (Wildman–Crippen LogP) is 3.66. The van der Waals surface area contributed by atoms with E-state index in [1.807, 2.05) is 0 Å². The normalized spacial score (nSPS) is 10.9. The maximum absolute atomic E-state index is 12.4. The predicted molar refractivity (Wildman–Crippen MR) is 76.2 cm³/mol. The summed E-state index contributed by atoms with van der Waals surface area (Å²) in [5.74, 6) is 0. The van der Waals surface area contributed by atoms with Crippen LogP contribution in [0.1, 0.15) is 12.0 Å². The van der Waals surface area contributed by atoms with Crippen LogP contribution < -0.4 is 0 Å². The van der Waals surface area contributed by atoms with Crippen LogP contribution in [-0.4, -0.2) is 25.2 Å². The fourth-order valence-electron chi connectivity index (χ4n) is 1.64. The largest absolute Gasteiger partial charge is 0.416 e. The zero-order chi connectivity index (χ0) is 16.8. The van der Waals surface area contributed by atoms with Crippen molar-refractivity contribution in [3.8, 4) is 12.1 Å². The molecule has 0 atom stereocenters. The van der Waals surface area contributed by atoms with E-state index in [-0.39, 0.29) is 12.0 Å². The van der Waals surface area contributed by atoms with Crippen molar-refractivity contribution in [2.45, 2.75) is 12.6 Å². The van der Waals surface area contributed by atoms with E-state index < -0.39 is 11.7 Å². The zero-order valence-electron chi connectivity index (χ0n) is 12.0. The number of nitriles is 2. The highest BCUT2D eigenvalue weighted by molar-refractivity contribution is 5.67. The number of benzene rings is 1. The molecule has 0 heterocycles. The first-order valence-electron chi connectivity index (χ1n) is 6.20. The summed E-state index contributed by atoms with van der Waals surface area (Å²) in [6.45, 7) is 0. The highest BCUT2D eigenvalue weighted by atomic mass is 19.4. The van der Waals surface area contributed by atoms with Crippen molar-refractivity contribution in [3.05, 3.63) is 41.1 Å². The molecule has 0 saturated heterocycles. The summed E-state index contributed by atoms with van der Waals surface area (Å²) in [6.07, 6.45) is -2.70. The first-order chi connectivity index (χ1) is 10.3. The van der Waals surface area contributed by atoms with Gasteiger partial charge in [0, 0.05) is 32.4 Å². The molecule has 114 valence electrons. The van der Waals surface area contributed by atoms with E-state index in [1.54, 1.807) is 31.1 Å². The van der Waals surface area contributed by atoms with Gasteiger partial charge in [0.1, 0.15) is 17.7 Å². The third-order valence-electron chi connectivity index (χ3n) is 2.77. The number of rotatable bonds is 4. The number of alkyl halides is 3. The van der Waals surface area contributed by atoms with Gasteiger partial charge >= 0.3 is 6.18 Å². The molecule has 1 rings (SSSR count). The molecule has 0 aliphatic carbocycles. The highest BCUT2D eigenvalue weighted by Crippen LogP contribution is 2.30. The molecule has 0 aliphatic rings. The second-order valence-electron chi connectivity index (χ2n) is 4.50. The van der Waals surface area contributed by atoms with Crippen LogP contribution >= 0.6 is 0 Å². The van der Waals surface area contributed by atoms with Crippen molar-refractivity contribution in [1.29, 1.82) is 10.5 Å². The van der Waals surface area contributed by atoms with Gasteiger partial charge in [0.2, 0.25) is 0 Å². The standard InChI is InChI=1S/C15H13F3N4/c1-22(2)14(11(9-19)10-20)7-8-21-13-5-3-12(4-6-13)15(16,17)18/h3-6,8H,7H2,1-2H3. The van der Waals surface area contributed by atoms with Gasteiger partial charge in [-0.05, 0) is 24.3 Å². The summed E-state index contributed by atoms with van der Waals surface area (Å²) in [5.41, 5.74) is 0.0858. The Labute approximate surface area is 126 Å². The molecular weight excluding hydrogens is 293 g/mol. The SMILES string of the molecule is CN(C)C(CC=Nc1ccc(C(F)(F)F)cc1)=C(C#N)C#N. The van der Waals surface area contributed by atoms with Crippen LogP contribution in [0.3, 0.4) is 0 Å². The van der Waals surface area contributed by atoms with E-state index in [9.17, 15) is 13.2 Å². The third kappa shape index (κ3) is 4.64. The van der Waals surface area contributed by atoms with Gasteiger partial charge in [0.25, 0.3) is 0 Å². The Hall–Kier alpha value is -2.80. The van der Waals surface area contributed by atoms with Crippen LogP contribution in [0.2, 0.25) is 0 Å². The number of allylic oxidation sites excluding steroid dienone is 2. The van der Waals surface area contributed by atoms with Crippen LogP contribution in [0.4, 0.5) is 18.9 Å². The van der Waals surface area contributed by atoms with Crippen LogP contribution in [0.5, 0.6) is 0 Å². The summed E-state index contributed by atoms with van der Waals surface area (Å²) < 4.78 is 37.3. The van der Waals surface area contributed by atoms with Crippen molar-refractivity contribution in [2.75, 3.05) is 14.1 Å². The molecule has 0 aromatic heterocycles. The van der Waals surface area contributed by atoms with Gasteiger partial charge in [-0.1, -0.05) is 0 Å². The van der Waals surface area contributed by atoms with Crippen molar-refractivity contribution in [2.24, 2.45) is 4.99 Å². The molecule has 4 nitrogen and oxygen atoms in total. The lowest BCUT2D eigenvalue weighted by Gasteiger charge is -2.15. The molecule has 0 amide bonds. The van der Waals surface area contributed by atoms with Crippen LogP contribution in [-0.2, 0) is 6.18 Å². The van der Waals surface area contributed by atoms with Gasteiger partial charge in [-0.25, -0.2) is 0 Å². The van der Waals surface area contributed by atoms with Crippen molar-refractivity contribution >= 4 is 11.9 Å². The lowest BCUT2D eigenvalue weighted by molar-refractivity contribution is -0.137. The summed E-state index contributed by atoms with van der Waals surface area (Å²) >= 11 is 0. The van der Waals surface area contributed by atoms with Gasteiger partial charge in [-0.3, -0.25) is 4.99 Å². The molecular formula is C15H13F3N4. The molecule has 0 radical (unpaired) electrons. The number of hydrogen-bond acceptors (Lipinski definition) is 4. The van der Waals surface area contributed by atoms with Crippen molar-refractivity contribution < 1.29 is 13.2 Å². The molecule has 0 fully saturated rings. The second-order valence-corrected chi connectivity index (χ2v) is 4.50. The van der Waals surface area contributed by atoms with Crippen LogP contribution in [0.15, 0.2) is 40.5 Å². The van der Waals surface area contributed by atoms with Crippen LogP contribution in [0, 0.1) is 22.7 Å². The van der Waals surface area contributed by atoms with E-state index >= 15 is 0 Å². The smallest absolute Gasteiger partial charge is 0.379 e. The Morgan fingerprint density at radius 3 is 2.14 bits per heavy atom. The molecule has 0 unspecified atom stereocenters. The Kier molecular flexibility index (Phi) is 5.71. The molecule has 7 heteroatoms. The lowest BCUT2D eigenvalue weighted by atomic mass is 10.2. The Morgan fingerprint density at radius 2 is 1.73 bits per heavy atom. The first kappa shape index (κ1) is 17.3. The molecule has 0 spiro atoms.